The van der Waals surface area contributed by atoms with Gasteiger partial charge in [0.1, 0.15) is 0 Å². The minimum Gasteiger partial charge on any atom is -0.336 e. The number of hydrogen-bond acceptors (Lipinski definition) is 2. The molecule has 0 aliphatic carbocycles. The summed E-state index contributed by atoms with van der Waals surface area (Å²) in [4.78, 5) is 14.0. The zero-order valence-corrected chi connectivity index (χ0v) is 10.9. The number of hydrogen-bond donors (Lipinski definition) is 1. The summed E-state index contributed by atoms with van der Waals surface area (Å²) < 4.78 is 0.994. The fraction of sp³-hybridized carbons (Fsp3) is 0.417. The van der Waals surface area contributed by atoms with Crippen LogP contribution in [0, 0.1) is 6.92 Å². The van der Waals surface area contributed by atoms with Crippen molar-refractivity contribution in [3.8, 4) is 0 Å². The van der Waals surface area contributed by atoms with E-state index in [-0.39, 0.29) is 5.91 Å². The Morgan fingerprint density at radius 3 is 2.69 bits per heavy atom. The number of aryl methyl sites for hydroxylation is 1. The smallest absolute Gasteiger partial charge is 0.253 e. The molecule has 86 valence electrons. The number of carbonyl (C=O) groups excluding carboxylic acids is 1. The lowest BCUT2D eigenvalue weighted by Crippen LogP contribution is -2.46. The van der Waals surface area contributed by atoms with E-state index in [1.165, 1.54) is 0 Å². The lowest BCUT2D eigenvalue weighted by molar-refractivity contribution is 0.0736. The molecular formula is C12H15BrN2O. The van der Waals surface area contributed by atoms with Crippen molar-refractivity contribution in [1.82, 2.24) is 10.2 Å². The molecule has 16 heavy (non-hydrogen) atoms. The Morgan fingerprint density at radius 1 is 1.38 bits per heavy atom. The van der Waals surface area contributed by atoms with Crippen molar-refractivity contribution in [2.24, 2.45) is 0 Å². The molecular weight excluding hydrogens is 268 g/mol. The van der Waals surface area contributed by atoms with E-state index in [0.29, 0.717) is 0 Å². The third-order valence-corrected chi connectivity index (χ3v) is 3.68. The topological polar surface area (TPSA) is 32.3 Å². The molecule has 1 heterocycles. The monoisotopic (exact) mass is 282 g/mol. The molecule has 1 aromatic carbocycles. The first-order chi connectivity index (χ1) is 7.68. The third-order valence-electron chi connectivity index (χ3n) is 2.82. The van der Waals surface area contributed by atoms with Gasteiger partial charge in [-0.3, -0.25) is 4.79 Å². The molecule has 3 nitrogen and oxygen atoms in total. The summed E-state index contributed by atoms with van der Waals surface area (Å²) in [6.45, 7) is 5.38. The van der Waals surface area contributed by atoms with Gasteiger partial charge in [-0.1, -0.05) is 22.0 Å². The van der Waals surface area contributed by atoms with E-state index in [4.69, 9.17) is 0 Å². The predicted molar refractivity (Wildman–Crippen MR) is 67.7 cm³/mol. The number of benzene rings is 1. The Labute approximate surface area is 104 Å². The molecule has 0 radical (unpaired) electrons. The van der Waals surface area contributed by atoms with Crippen molar-refractivity contribution < 1.29 is 4.79 Å². The van der Waals surface area contributed by atoms with Gasteiger partial charge in [0.25, 0.3) is 5.91 Å². The van der Waals surface area contributed by atoms with Gasteiger partial charge in [0.05, 0.1) is 0 Å². The highest BCUT2D eigenvalue weighted by Gasteiger charge is 2.17. The molecule has 2 rings (SSSR count). The van der Waals surface area contributed by atoms with Crippen molar-refractivity contribution in [1.29, 1.82) is 0 Å². The summed E-state index contributed by atoms with van der Waals surface area (Å²) in [6.07, 6.45) is 0. The largest absolute Gasteiger partial charge is 0.336 e. The number of amides is 1. The molecule has 1 saturated heterocycles. The van der Waals surface area contributed by atoms with E-state index in [1.807, 2.05) is 30.0 Å². The van der Waals surface area contributed by atoms with Crippen LogP contribution < -0.4 is 5.32 Å². The SMILES string of the molecule is Cc1ccc(C(=O)N2CCNCC2)cc1Br. The van der Waals surface area contributed by atoms with Crippen LogP contribution in [0.1, 0.15) is 15.9 Å². The standard InChI is InChI=1S/C12H15BrN2O/c1-9-2-3-10(8-11(9)13)12(16)15-6-4-14-5-7-15/h2-3,8,14H,4-7H2,1H3. The van der Waals surface area contributed by atoms with E-state index in [9.17, 15) is 4.79 Å². The number of halogens is 1. The summed E-state index contributed by atoms with van der Waals surface area (Å²) >= 11 is 3.46. The maximum atomic E-state index is 12.1. The van der Waals surface area contributed by atoms with Crippen LogP contribution in [0.15, 0.2) is 22.7 Å². The fourth-order valence-electron chi connectivity index (χ4n) is 1.78. The van der Waals surface area contributed by atoms with Crippen LogP contribution in [0.4, 0.5) is 0 Å². The van der Waals surface area contributed by atoms with Gasteiger partial charge in [0.15, 0.2) is 0 Å². The summed E-state index contributed by atoms with van der Waals surface area (Å²) in [7, 11) is 0. The van der Waals surface area contributed by atoms with Crippen molar-refractivity contribution in [3.05, 3.63) is 33.8 Å². The zero-order chi connectivity index (χ0) is 11.5. The van der Waals surface area contributed by atoms with E-state index in [0.717, 1.165) is 41.8 Å². The molecule has 0 aromatic heterocycles. The molecule has 1 aliphatic heterocycles. The van der Waals surface area contributed by atoms with Crippen LogP contribution >= 0.6 is 15.9 Å². The number of carbonyl (C=O) groups is 1. The van der Waals surface area contributed by atoms with Gasteiger partial charge in [-0.25, -0.2) is 0 Å². The maximum absolute atomic E-state index is 12.1. The van der Waals surface area contributed by atoms with Gasteiger partial charge in [-0.05, 0) is 24.6 Å². The number of nitrogens with zero attached hydrogens (tertiary/aromatic N) is 1. The molecule has 1 aromatic rings. The Morgan fingerprint density at radius 2 is 2.06 bits per heavy atom. The molecule has 0 atom stereocenters. The van der Waals surface area contributed by atoms with Crippen molar-refractivity contribution in [3.63, 3.8) is 0 Å². The molecule has 4 heteroatoms. The third kappa shape index (κ3) is 2.44. The van der Waals surface area contributed by atoms with Crippen LogP contribution in [-0.4, -0.2) is 37.0 Å². The average Bonchev–Trinajstić information content (AvgIpc) is 2.33. The Hall–Kier alpha value is -0.870. The van der Waals surface area contributed by atoms with E-state index in [1.54, 1.807) is 0 Å². The lowest BCUT2D eigenvalue weighted by Gasteiger charge is -2.27. The van der Waals surface area contributed by atoms with Crippen molar-refractivity contribution >= 4 is 21.8 Å². The Bertz CT molecular complexity index is 400. The van der Waals surface area contributed by atoms with E-state index in [2.05, 4.69) is 21.2 Å². The highest BCUT2D eigenvalue weighted by Crippen LogP contribution is 2.18. The quantitative estimate of drug-likeness (QED) is 0.852. The Kier molecular flexibility index (Phi) is 3.61. The molecule has 1 N–H and O–H groups in total. The average molecular weight is 283 g/mol. The van der Waals surface area contributed by atoms with Gasteiger partial charge in [0, 0.05) is 36.2 Å². The van der Waals surface area contributed by atoms with Crippen LogP contribution in [0.3, 0.4) is 0 Å². The molecule has 0 spiro atoms. The second-order valence-corrected chi connectivity index (χ2v) is 4.86. The van der Waals surface area contributed by atoms with Crippen LogP contribution in [0.2, 0.25) is 0 Å². The first-order valence-corrected chi connectivity index (χ1v) is 6.24. The molecule has 1 amide bonds. The summed E-state index contributed by atoms with van der Waals surface area (Å²) in [6, 6.07) is 5.77. The molecule has 0 unspecified atom stereocenters. The number of piperazine rings is 1. The van der Waals surface area contributed by atoms with Crippen LogP contribution in [-0.2, 0) is 0 Å². The predicted octanol–water partition coefficient (Wildman–Crippen LogP) is 1.80. The molecule has 0 saturated carbocycles. The fourth-order valence-corrected chi connectivity index (χ4v) is 2.16. The zero-order valence-electron chi connectivity index (χ0n) is 9.29. The maximum Gasteiger partial charge on any atom is 0.253 e. The minimum absolute atomic E-state index is 0.127. The van der Waals surface area contributed by atoms with Gasteiger partial charge < -0.3 is 10.2 Å². The van der Waals surface area contributed by atoms with Crippen molar-refractivity contribution in [2.75, 3.05) is 26.2 Å². The van der Waals surface area contributed by atoms with Gasteiger partial charge in [-0.2, -0.15) is 0 Å². The summed E-state index contributed by atoms with van der Waals surface area (Å²) in [5.74, 6) is 0.127. The van der Waals surface area contributed by atoms with Crippen LogP contribution in [0.25, 0.3) is 0 Å². The highest BCUT2D eigenvalue weighted by atomic mass is 79.9. The second-order valence-electron chi connectivity index (χ2n) is 4.01. The first kappa shape index (κ1) is 11.6. The Balaban J connectivity index is 2.16. The number of rotatable bonds is 1. The minimum atomic E-state index is 0.127. The van der Waals surface area contributed by atoms with E-state index < -0.39 is 0 Å². The lowest BCUT2D eigenvalue weighted by atomic mass is 10.1. The van der Waals surface area contributed by atoms with Gasteiger partial charge >= 0.3 is 0 Å². The molecule has 1 aliphatic rings. The molecule has 1 fully saturated rings. The number of nitrogens with one attached hydrogen (secondary N) is 1. The van der Waals surface area contributed by atoms with Gasteiger partial charge in [-0.15, -0.1) is 0 Å². The first-order valence-electron chi connectivity index (χ1n) is 5.44. The normalized spacial score (nSPS) is 16.2. The summed E-state index contributed by atoms with van der Waals surface area (Å²) in [5, 5.41) is 3.24. The molecule has 0 bridgehead atoms. The van der Waals surface area contributed by atoms with Crippen LogP contribution in [0.5, 0.6) is 0 Å². The van der Waals surface area contributed by atoms with E-state index >= 15 is 0 Å². The van der Waals surface area contributed by atoms with Gasteiger partial charge in [0.2, 0.25) is 0 Å². The summed E-state index contributed by atoms with van der Waals surface area (Å²) in [5.41, 5.74) is 1.91. The van der Waals surface area contributed by atoms with Crippen molar-refractivity contribution in [2.45, 2.75) is 6.92 Å². The second kappa shape index (κ2) is 4.97. The highest BCUT2D eigenvalue weighted by molar-refractivity contribution is 9.10.